The first kappa shape index (κ1) is 13.8. The molecule has 1 rings (SSSR count). The molecule has 0 saturated carbocycles. The predicted octanol–water partition coefficient (Wildman–Crippen LogP) is 0.529. The number of hydrogen-bond donors (Lipinski definition) is 2. The standard InChI is InChI=1S/C11H20N2O4/c1-2-17-7-5-12-11(16)13-6-3-4-9(8-13)10(14)15/h9H,2-8H2,1H3,(H,12,16)(H,14,15)/t9-/m1/s1. The molecule has 0 spiro atoms. The highest BCUT2D eigenvalue weighted by Crippen LogP contribution is 2.16. The van der Waals surface area contributed by atoms with Gasteiger partial charge in [0.15, 0.2) is 0 Å². The van der Waals surface area contributed by atoms with Crippen molar-refractivity contribution in [2.45, 2.75) is 19.8 Å². The quantitative estimate of drug-likeness (QED) is 0.691. The van der Waals surface area contributed by atoms with E-state index in [1.165, 1.54) is 0 Å². The lowest BCUT2D eigenvalue weighted by atomic mass is 9.99. The molecule has 2 N–H and O–H groups in total. The third-order valence-corrected chi connectivity index (χ3v) is 2.78. The van der Waals surface area contributed by atoms with Crippen LogP contribution in [0.4, 0.5) is 4.79 Å². The fourth-order valence-electron chi connectivity index (χ4n) is 1.85. The number of carboxylic acid groups (broad SMARTS) is 1. The van der Waals surface area contributed by atoms with Crippen LogP contribution in [0, 0.1) is 5.92 Å². The second-order valence-corrected chi connectivity index (χ2v) is 4.05. The summed E-state index contributed by atoms with van der Waals surface area (Å²) in [5, 5.41) is 11.6. The number of piperidine rings is 1. The lowest BCUT2D eigenvalue weighted by molar-refractivity contribution is -0.143. The van der Waals surface area contributed by atoms with E-state index < -0.39 is 11.9 Å². The van der Waals surface area contributed by atoms with Crippen molar-refractivity contribution in [2.24, 2.45) is 5.92 Å². The molecular weight excluding hydrogens is 224 g/mol. The highest BCUT2D eigenvalue weighted by molar-refractivity contribution is 5.76. The maximum absolute atomic E-state index is 11.7. The number of ether oxygens (including phenoxy) is 1. The highest BCUT2D eigenvalue weighted by atomic mass is 16.5. The summed E-state index contributed by atoms with van der Waals surface area (Å²) in [6.07, 6.45) is 1.40. The maximum Gasteiger partial charge on any atom is 0.317 e. The molecule has 17 heavy (non-hydrogen) atoms. The van der Waals surface area contributed by atoms with E-state index in [0.717, 1.165) is 6.42 Å². The van der Waals surface area contributed by atoms with Crippen LogP contribution in [0.25, 0.3) is 0 Å². The van der Waals surface area contributed by atoms with Crippen LogP contribution in [0.2, 0.25) is 0 Å². The first-order valence-electron chi connectivity index (χ1n) is 5.98. The summed E-state index contributed by atoms with van der Waals surface area (Å²) in [6, 6.07) is -0.198. The zero-order valence-corrected chi connectivity index (χ0v) is 10.1. The molecule has 0 unspecified atom stereocenters. The Balaban J connectivity index is 2.28. The van der Waals surface area contributed by atoms with Crippen molar-refractivity contribution >= 4 is 12.0 Å². The number of hydrogen-bond acceptors (Lipinski definition) is 3. The molecule has 2 amide bonds. The lowest BCUT2D eigenvalue weighted by Crippen LogP contribution is -2.47. The topological polar surface area (TPSA) is 78.9 Å². The number of rotatable bonds is 5. The first-order valence-corrected chi connectivity index (χ1v) is 5.98. The van der Waals surface area contributed by atoms with Crippen molar-refractivity contribution in [2.75, 3.05) is 32.8 Å². The average molecular weight is 244 g/mol. The van der Waals surface area contributed by atoms with Gasteiger partial charge in [0.2, 0.25) is 0 Å². The Kier molecular flexibility index (Phi) is 5.76. The first-order chi connectivity index (χ1) is 8.15. The second-order valence-electron chi connectivity index (χ2n) is 4.05. The molecule has 6 nitrogen and oxygen atoms in total. The van der Waals surface area contributed by atoms with Crippen LogP contribution in [-0.2, 0) is 9.53 Å². The molecule has 1 aliphatic rings. The van der Waals surface area contributed by atoms with Crippen LogP contribution in [0.5, 0.6) is 0 Å². The van der Waals surface area contributed by atoms with Crippen molar-refractivity contribution in [1.29, 1.82) is 0 Å². The van der Waals surface area contributed by atoms with Crippen LogP contribution >= 0.6 is 0 Å². The normalized spacial score (nSPS) is 20.1. The monoisotopic (exact) mass is 244 g/mol. The zero-order valence-electron chi connectivity index (χ0n) is 10.1. The third kappa shape index (κ3) is 4.60. The Bertz CT molecular complexity index is 270. The summed E-state index contributed by atoms with van der Waals surface area (Å²) in [7, 11) is 0. The second kappa shape index (κ2) is 7.11. The van der Waals surface area contributed by atoms with Crippen LogP contribution in [-0.4, -0.2) is 54.9 Å². The van der Waals surface area contributed by atoms with Gasteiger partial charge in [0.05, 0.1) is 12.5 Å². The van der Waals surface area contributed by atoms with E-state index in [0.29, 0.717) is 39.3 Å². The van der Waals surface area contributed by atoms with Crippen molar-refractivity contribution in [3.8, 4) is 0 Å². The van der Waals surface area contributed by atoms with Crippen molar-refractivity contribution in [1.82, 2.24) is 10.2 Å². The smallest absolute Gasteiger partial charge is 0.317 e. The van der Waals surface area contributed by atoms with Crippen LogP contribution in [0.3, 0.4) is 0 Å². The minimum absolute atomic E-state index is 0.198. The molecule has 0 bridgehead atoms. The molecule has 1 saturated heterocycles. The van der Waals surface area contributed by atoms with Gasteiger partial charge >= 0.3 is 12.0 Å². The third-order valence-electron chi connectivity index (χ3n) is 2.78. The Hall–Kier alpha value is -1.30. The van der Waals surface area contributed by atoms with E-state index >= 15 is 0 Å². The van der Waals surface area contributed by atoms with E-state index in [-0.39, 0.29) is 6.03 Å². The Morgan fingerprint density at radius 2 is 2.29 bits per heavy atom. The molecule has 1 heterocycles. The van der Waals surface area contributed by atoms with Gasteiger partial charge in [-0.15, -0.1) is 0 Å². The number of aliphatic carboxylic acids is 1. The number of nitrogens with zero attached hydrogens (tertiary/aromatic N) is 1. The zero-order chi connectivity index (χ0) is 12.7. The number of carboxylic acids is 1. The number of nitrogens with one attached hydrogen (secondary N) is 1. The minimum Gasteiger partial charge on any atom is -0.481 e. The molecule has 0 aromatic rings. The largest absolute Gasteiger partial charge is 0.481 e. The molecular formula is C11H20N2O4. The molecule has 1 fully saturated rings. The van der Waals surface area contributed by atoms with Gasteiger partial charge in [-0.05, 0) is 19.8 Å². The molecule has 0 aliphatic carbocycles. The van der Waals surface area contributed by atoms with Crippen LogP contribution in [0.15, 0.2) is 0 Å². The van der Waals surface area contributed by atoms with Gasteiger partial charge < -0.3 is 20.1 Å². The molecule has 98 valence electrons. The van der Waals surface area contributed by atoms with Gasteiger partial charge in [-0.2, -0.15) is 0 Å². The van der Waals surface area contributed by atoms with Crippen molar-refractivity contribution in [3.63, 3.8) is 0 Å². The van der Waals surface area contributed by atoms with Gasteiger partial charge in [-0.1, -0.05) is 0 Å². The predicted molar refractivity (Wildman–Crippen MR) is 61.8 cm³/mol. The van der Waals surface area contributed by atoms with Crippen LogP contribution < -0.4 is 5.32 Å². The Morgan fingerprint density at radius 3 is 2.94 bits per heavy atom. The highest BCUT2D eigenvalue weighted by Gasteiger charge is 2.27. The molecule has 0 aromatic carbocycles. The van der Waals surface area contributed by atoms with E-state index in [1.807, 2.05) is 6.92 Å². The van der Waals surface area contributed by atoms with E-state index in [2.05, 4.69) is 5.32 Å². The van der Waals surface area contributed by atoms with E-state index in [4.69, 9.17) is 9.84 Å². The molecule has 1 atom stereocenters. The Morgan fingerprint density at radius 1 is 1.53 bits per heavy atom. The molecule has 0 radical (unpaired) electrons. The van der Waals surface area contributed by atoms with E-state index in [9.17, 15) is 9.59 Å². The van der Waals surface area contributed by atoms with Crippen molar-refractivity contribution in [3.05, 3.63) is 0 Å². The fourth-order valence-corrected chi connectivity index (χ4v) is 1.85. The summed E-state index contributed by atoms with van der Waals surface area (Å²) >= 11 is 0. The van der Waals surface area contributed by atoms with Gasteiger partial charge in [0.1, 0.15) is 0 Å². The van der Waals surface area contributed by atoms with Crippen LogP contribution in [0.1, 0.15) is 19.8 Å². The molecule has 6 heteroatoms. The van der Waals surface area contributed by atoms with Gasteiger partial charge in [0, 0.05) is 26.2 Å². The van der Waals surface area contributed by atoms with E-state index in [1.54, 1.807) is 4.90 Å². The number of carbonyl (C=O) groups is 2. The molecule has 0 aromatic heterocycles. The summed E-state index contributed by atoms with van der Waals surface area (Å²) in [5.41, 5.74) is 0. The van der Waals surface area contributed by atoms with Crippen molar-refractivity contribution < 1.29 is 19.4 Å². The SMILES string of the molecule is CCOCCNC(=O)N1CCC[C@@H](C(=O)O)C1. The summed E-state index contributed by atoms with van der Waals surface area (Å²) in [4.78, 5) is 24.1. The molecule has 1 aliphatic heterocycles. The number of likely N-dealkylation sites (tertiary alicyclic amines) is 1. The van der Waals surface area contributed by atoms with Gasteiger partial charge in [-0.25, -0.2) is 4.79 Å². The Labute approximate surface area is 101 Å². The average Bonchev–Trinajstić information content (AvgIpc) is 2.34. The number of amides is 2. The maximum atomic E-state index is 11.7. The fraction of sp³-hybridized carbons (Fsp3) is 0.818. The lowest BCUT2D eigenvalue weighted by Gasteiger charge is -2.30. The number of urea groups is 1. The minimum atomic E-state index is -0.822. The van der Waals surface area contributed by atoms with Gasteiger partial charge in [-0.3, -0.25) is 4.79 Å². The van der Waals surface area contributed by atoms with Gasteiger partial charge in [0.25, 0.3) is 0 Å². The summed E-state index contributed by atoms with van der Waals surface area (Å²) < 4.78 is 5.10. The summed E-state index contributed by atoms with van der Waals surface area (Å²) in [6.45, 7) is 4.39. The number of carbonyl (C=O) groups excluding carboxylic acids is 1. The summed E-state index contributed by atoms with van der Waals surface area (Å²) in [5.74, 6) is -1.25.